The number of hydrogen-bond acceptors (Lipinski definition) is 3. The molecule has 17 heavy (non-hydrogen) atoms. The van der Waals surface area contributed by atoms with Crippen LogP contribution in [0.25, 0.3) is 0 Å². The van der Waals surface area contributed by atoms with E-state index in [-0.39, 0.29) is 5.41 Å². The summed E-state index contributed by atoms with van der Waals surface area (Å²) in [5, 5.41) is 0. The molecule has 1 saturated carbocycles. The Morgan fingerprint density at radius 1 is 1.41 bits per heavy atom. The molecule has 3 rings (SSSR count). The van der Waals surface area contributed by atoms with Gasteiger partial charge in [0.1, 0.15) is 5.82 Å². The number of rotatable bonds is 3. The highest BCUT2D eigenvalue weighted by Crippen LogP contribution is 2.37. The highest BCUT2D eigenvalue weighted by molar-refractivity contribution is 5.25. The van der Waals surface area contributed by atoms with E-state index in [1.54, 1.807) is 0 Å². The molecule has 94 valence electrons. The molecule has 2 fully saturated rings. The number of H-pyrrole nitrogens is 1. The topological polar surface area (TPSA) is 63.9 Å². The predicted octanol–water partition coefficient (Wildman–Crippen LogP) is 1.60. The van der Waals surface area contributed by atoms with Crippen molar-refractivity contribution < 1.29 is 4.74 Å². The van der Waals surface area contributed by atoms with Gasteiger partial charge in [-0.05, 0) is 19.8 Å². The molecule has 3 N–H and O–H groups in total. The van der Waals surface area contributed by atoms with Crippen molar-refractivity contribution in [2.75, 3.05) is 19.8 Å². The average Bonchev–Trinajstić information content (AvgIpc) is 2.86. The fourth-order valence-corrected chi connectivity index (χ4v) is 3.02. The summed E-state index contributed by atoms with van der Waals surface area (Å²) < 4.78 is 5.32. The lowest BCUT2D eigenvalue weighted by atomic mass is 9.85. The van der Waals surface area contributed by atoms with E-state index in [9.17, 15) is 0 Å². The van der Waals surface area contributed by atoms with Crippen LogP contribution in [-0.4, -0.2) is 29.7 Å². The molecule has 2 heterocycles. The number of aromatic amines is 1. The standard InChI is InChI=1S/C13H21N3O/c1-9-11(10-4-2-3-5-10)16-12(15-9)13(6-14)7-17-8-13/h10H,2-8,14H2,1H3,(H,15,16). The molecule has 2 aliphatic rings. The van der Waals surface area contributed by atoms with Gasteiger partial charge < -0.3 is 15.5 Å². The molecule has 0 unspecified atom stereocenters. The SMILES string of the molecule is Cc1[nH]c(C2(CN)COC2)nc1C1CCCC1. The van der Waals surface area contributed by atoms with Crippen molar-refractivity contribution in [2.45, 2.75) is 43.9 Å². The Bertz CT molecular complexity index is 397. The number of nitrogens with two attached hydrogens (primary N) is 1. The number of aryl methyl sites for hydroxylation is 1. The molecule has 0 bridgehead atoms. The lowest BCUT2D eigenvalue weighted by Crippen LogP contribution is -2.53. The molecule has 1 aromatic heterocycles. The van der Waals surface area contributed by atoms with Gasteiger partial charge in [-0.1, -0.05) is 12.8 Å². The van der Waals surface area contributed by atoms with Crippen molar-refractivity contribution in [2.24, 2.45) is 5.73 Å². The molecule has 0 atom stereocenters. The Kier molecular flexibility index (Phi) is 2.71. The molecule has 0 spiro atoms. The number of imidazole rings is 1. The van der Waals surface area contributed by atoms with Gasteiger partial charge >= 0.3 is 0 Å². The first-order valence-corrected chi connectivity index (χ1v) is 6.60. The van der Waals surface area contributed by atoms with E-state index < -0.39 is 0 Å². The van der Waals surface area contributed by atoms with Crippen LogP contribution in [0.1, 0.15) is 48.8 Å². The van der Waals surface area contributed by atoms with Gasteiger partial charge in [-0.25, -0.2) is 4.98 Å². The molecular weight excluding hydrogens is 214 g/mol. The van der Waals surface area contributed by atoms with Crippen molar-refractivity contribution in [1.29, 1.82) is 0 Å². The molecular formula is C13H21N3O. The Labute approximate surface area is 102 Å². The van der Waals surface area contributed by atoms with Gasteiger partial charge in [-0.15, -0.1) is 0 Å². The minimum atomic E-state index is -0.0401. The minimum Gasteiger partial charge on any atom is -0.379 e. The predicted molar refractivity (Wildman–Crippen MR) is 66.1 cm³/mol. The van der Waals surface area contributed by atoms with E-state index >= 15 is 0 Å². The van der Waals surface area contributed by atoms with E-state index in [4.69, 9.17) is 15.5 Å². The third kappa shape index (κ3) is 1.70. The number of ether oxygens (including phenoxy) is 1. The van der Waals surface area contributed by atoms with Gasteiger partial charge in [0.05, 0.1) is 24.3 Å². The molecule has 0 amide bonds. The quantitative estimate of drug-likeness (QED) is 0.836. The van der Waals surface area contributed by atoms with Gasteiger partial charge in [0, 0.05) is 18.2 Å². The lowest BCUT2D eigenvalue weighted by Gasteiger charge is -2.38. The number of hydrogen-bond donors (Lipinski definition) is 2. The summed E-state index contributed by atoms with van der Waals surface area (Å²) in [5.74, 6) is 1.71. The number of nitrogens with zero attached hydrogens (tertiary/aromatic N) is 1. The van der Waals surface area contributed by atoms with Crippen molar-refractivity contribution in [3.63, 3.8) is 0 Å². The van der Waals surface area contributed by atoms with Crippen LogP contribution in [0.4, 0.5) is 0 Å². The van der Waals surface area contributed by atoms with E-state index in [0.717, 1.165) is 5.82 Å². The fraction of sp³-hybridized carbons (Fsp3) is 0.769. The molecule has 1 saturated heterocycles. The van der Waals surface area contributed by atoms with Crippen molar-refractivity contribution in [3.05, 3.63) is 17.2 Å². The zero-order chi connectivity index (χ0) is 11.9. The first kappa shape index (κ1) is 11.2. The zero-order valence-corrected chi connectivity index (χ0v) is 10.5. The van der Waals surface area contributed by atoms with E-state index in [2.05, 4.69) is 11.9 Å². The van der Waals surface area contributed by atoms with Crippen LogP contribution in [0.5, 0.6) is 0 Å². The Balaban J connectivity index is 1.89. The third-order valence-electron chi connectivity index (χ3n) is 4.31. The molecule has 4 heteroatoms. The van der Waals surface area contributed by atoms with Crippen LogP contribution in [0.15, 0.2) is 0 Å². The van der Waals surface area contributed by atoms with E-state index in [1.807, 2.05) is 0 Å². The summed E-state index contributed by atoms with van der Waals surface area (Å²) in [7, 11) is 0. The lowest BCUT2D eigenvalue weighted by molar-refractivity contribution is -0.0590. The first-order valence-electron chi connectivity index (χ1n) is 6.60. The molecule has 1 aliphatic carbocycles. The second-order valence-corrected chi connectivity index (χ2v) is 5.55. The van der Waals surface area contributed by atoms with Crippen LogP contribution >= 0.6 is 0 Å². The Morgan fingerprint density at radius 3 is 2.65 bits per heavy atom. The summed E-state index contributed by atoms with van der Waals surface area (Å²) in [6.07, 6.45) is 5.27. The maximum Gasteiger partial charge on any atom is 0.118 e. The van der Waals surface area contributed by atoms with Gasteiger partial charge in [-0.3, -0.25) is 0 Å². The highest BCUT2D eigenvalue weighted by atomic mass is 16.5. The summed E-state index contributed by atoms with van der Waals surface area (Å²) in [6.45, 7) is 4.17. The normalized spacial score (nSPS) is 23.9. The van der Waals surface area contributed by atoms with Crippen LogP contribution in [0, 0.1) is 6.92 Å². The van der Waals surface area contributed by atoms with Gasteiger partial charge in [0.15, 0.2) is 0 Å². The maximum atomic E-state index is 5.87. The van der Waals surface area contributed by atoms with Gasteiger partial charge in [0.2, 0.25) is 0 Å². The van der Waals surface area contributed by atoms with Gasteiger partial charge in [-0.2, -0.15) is 0 Å². The van der Waals surface area contributed by atoms with Crippen molar-refractivity contribution in [3.8, 4) is 0 Å². The van der Waals surface area contributed by atoms with Crippen LogP contribution in [-0.2, 0) is 10.2 Å². The second kappa shape index (κ2) is 4.10. The minimum absolute atomic E-state index is 0.0401. The average molecular weight is 235 g/mol. The Morgan fingerprint density at radius 2 is 2.12 bits per heavy atom. The van der Waals surface area contributed by atoms with Crippen LogP contribution in [0.3, 0.4) is 0 Å². The highest BCUT2D eigenvalue weighted by Gasteiger charge is 2.42. The van der Waals surface area contributed by atoms with Crippen molar-refractivity contribution >= 4 is 0 Å². The summed E-state index contributed by atoms with van der Waals surface area (Å²) in [4.78, 5) is 8.29. The molecule has 4 nitrogen and oxygen atoms in total. The number of aromatic nitrogens is 2. The van der Waals surface area contributed by atoms with E-state index in [1.165, 1.54) is 37.1 Å². The maximum absolute atomic E-state index is 5.87. The summed E-state index contributed by atoms with van der Waals surface area (Å²) in [6, 6.07) is 0. The second-order valence-electron chi connectivity index (χ2n) is 5.55. The Hall–Kier alpha value is -0.870. The smallest absolute Gasteiger partial charge is 0.118 e. The number of nitrogens with one attached hydrogen (secondary N) is 1. The molecule has 1 aliphatic heterocycles. The monoisotopic (exact) mass is 235 g/mol. The summed E-state index contributed by atoms with van der Waals surface area (Å²) >= 11 is 0. The van der Waals surface area contributed by atoms with E-state index in [0.29, 0.717) is 25.7 Å². The van der Waals surface area contributed by atoms with Gasteiger partial charge in [0.25, 0.3) is 0 Å². The molecule has 0 aromatic carbocycles. The van der Waals surface area contributed by atoms with Crippen LogP contribution < -0.4 is 5.73 Å². The summed E-state index contributed by atoms with van der Waals surface area (Å²) in [5.41, 5.74) is 8.34. The first-order chi connectivity index (χ1) is 8.25. The molecule has 0 radical (unpaired) electrons. The largest absolute Gasteiger partial charge is 0.379 e. The van der Waals surface area contributed by atoms with Crippen LogP contribution in [0.2, 0.25) is 0 Å². The molecule has 1 aromatic rings. The fourth-order valence-electron chi connectivity index (χ4n) is 3.02. The zero-order valence-electron chi connectivity index (χ0n) is 10.5. The van der Waals surface area contributed by atoms with Crippen molar-refractivity contribution in [1.82, 2.24) is 9.97 Å². The third-order valence-corrected chi connectivity index (χ3v) is 4.31.